The lowest BCUT2D eigenvalue weighted by Gasteiger charge is -2.57. The molecule has 0 aromatic heterocycles. The Hall–Kier alpha value is -0.330. The highest BCUT2D eigenvalue weighted by Gasteiger charge is 2.56. The minimum atomic E-state index is -0.0916. The smallest absolute Gasteiger partial charge is 0.144 e. The van der Waals surface area contributed by atoms with Crippen molar-refractivity contribution in [3.05, 3.63) is 0 Å². The minimum absolute atomic E-state index is 0.0916. The highest BCUT2D eigenvalue weighted by Crippen LogP contribution is 2.61. The predicted molar refractivity (Wildman–Crippen MR) is 69.7 cm³/mol. The number of carbonyl (C=O) groups excluding carboxylic acids is 1. The van der Waals surface area contributed by atoms with E-state index in [1.54, 1.807) is 0 Å². The summed E-state index contributed by atoms with van der Waals surface area (Å²) in [5.41, 5.74) is 0.0138. The van der Waals surface area contributed by atoms with E-state index in [-0.39, 0.29) is 10.8 Å². The first-order valence-corrected chi connectivity index (χ1v) is 7.50. The first-order chi connectivity index (χ1) is 7.95. The van der Waals surface area contributed by atoms with E-state index in [1.165, 1.54) is 38.5 Å². The van der Waals surface area contributed by atoms with Gasteiger partial charge in [-0.2, -0.15) is 0 Å². The molecule has 4 aliphatic carbocycles. The van der Waals surface area contributed by atoms with Crippen LogP contribution in [0.3, 0.4) is 0 Å². The van der Waals surface area contributed by atoms with E-state index >= 15 is 0 Å². The molecule has 1 heteroatoms. The fourth-order valence-electron chi connectivity index (χ4n) is 5.27. The first-order valence-electron chi connectivity index (χ1n) is 7.50. The summed E-state index contributed by atoms with van der Waals surface area (Å²) in [5.74, 6) is 3.26. The molecule has 0 spiro atoms. The van der Waals surface area contributed by atoms with Crippen LogP contribution in [0.1, 0.15) is 65.7 Å². The number of Topliss-reactive ketones (excluding diaryl/α,β-unsaturated/α-hetero) is 1. The molecule has 0 N–H and O–H groups in total. The molecule has 17 heavy (non-hydrogen) atoms. The monoisotopic (exact) mass is 234 g/mol. The lowest BCUT2D eigenvalue weighted by molar-refractivity contribution is -0.153. The molecule has 1 nitrogen and oxygen atoms in total. The summed E-state index contributed by atoms with van der Waals surface area (Å²) in [6.45, 7) is 6.49. The molecular weight excluding hydrogens is 208 g/mol. The van der Waals surface area contributed by atoms with Gasteiger partial charge in [0.2, 0.25) is 0 Å². The van der Waals surface area contributed by atoms with E-state index in [9.17, 15) is 4.79 Å². The molecule has 96 valence electrons. The average molecular weight is 234 g/mol. The van der Waals surface area contributed by atoms with Crippen molar-refractivity contribution in [2.24, 2.45) is 28.6 Å². The zero-order valence-electron chi connectivity index (χ0n) is 11.6. The Balaban J connectivity index is 1.89. The second kappa shape index (κ2) is 3.59. The number of hydrogen-bond acceptors (Lipinski definition) is 1. The van der Waals surface area contributed by atoms with Crippen LogP contribution in [-0.4, -0.2) is 5.78 Å². The van der Waals surface area contributed by atoms with Gasteiger partial charge in [-0.3, -0.25) is 4.79 Å². The Morgan fingerprint density at radius 1 is 1.06 bits per heavy atom. The van der Waals surface area contributed by atoms with Crippen molar-refractivity contribution in [2.45, 2.75) is 65.7 Å². The normalized spacial score (nSPS) is 44.1. The maximum Gasteiger partial charge on any atom is 0.144 e. The van der Waals surface area contributed by atoms with Crippen molar-refractivity contribution in [1.29, 1.82) is 0 Å². The van der Waals surface area contributed by atoms with Gasteiger partial charge in [-0.15, -0.1) is 0 Å². The van der Waals surface area contributed by atoms with E-state index in [0.717, 1.165) is 24.2 Å². The number of rotatable bonds is 3. The van der Waals surface area contributed by atoms with E-state index in [4.69, 9.17) is 0 Å². The number of ketones is 1. The van der Waals surface area contributed by atoms with E-state index in [2.05, 4.69) is 20.8 Å². The average Bonchev–Trinajstić information content (AvgIpc) is 2.26. The van der Waals surface area contributed by atoms with Gasteiger partial charge in [0.1, 0.15) is 5.78 Å². The molecule has 0 saturated heterocycles. The zero-order valence-corrected chi connectivity index (χ0v) is 11.6. The molecule has 4 aliphatic rings. The Morgan fingerprint density at radius 3 is 1.82 bits per heavy atom. The topological polar surface area (TPSA) is 17.1 Å². The molecule has 4 fully saturated rings. The molecule has 0 radical (unpaired) electrons. The Morgan fingerprint density at radius 2 is 1.47 bits per heavy atom. The molecule has 4 saturated carbocycles. The molecular formula is C16H26O. The van der Waals surface area contributed by atoms with Crippen LogP contribution >= 0.6 is 0 Å². The van der Waals surface area contributed by atoms with E-state index in [0.29, 0.717) is 5.78 Å². The van der Waals surface area contributed by atoms with Crippen LogP contribution in [0.15, 0.2) is 0 Å². The fraction of sp³-hybridized carbons (Fsp3) is 0.938. The second-order valence-corrected chi connectivity index (χ2v) is 7.76. The Kier molecular flexibility index (Phi) is 2.48. The lowest BCUT2D eigenvalue weighted by atomic mass is 9.46. The minimum Gasteiger partial charge on any atom is -0.298 e. The first kappa shape index (κ1) is 11.7. The molecule has 0 aromatic carbocycles. The molecule has 4 rings (SSSR count). The van der Waals surface area contributed by atoms with Crippen molar-refractivity contribution in [3.63, 3.8) is 0 Å². The van der Waals surface area contributed by atoms with E-state index in [1.807, 2.05) is 0 Å². The van der Waals surface area contributed by atoms with E-state index < -0.39 is 0 Å². The predicted octanol–water partition coefficient (Wildman–Crippen LogP) is 4.21. The van der Waals surface area contributed by atoms with Crippen molar-refractivity contribution < 1.29 is 4.79 Å². The molecule has 0 aliphatic heterocycles. The van der Waals surface area contributed by atoms with Crippen LogP contribution in [0.5, 0.6) is 0 Å². The van der Waals surface area contributed by atoms with Gasteiger partial charge < -0.3 is 0 Å². The highest BCUT2D eigenvalue weighted by atomic mass is 16.1. The zero-order chi connectivity index (χ0) is 12.3. The van der Waals surface area contributed by atoms with Gasteiger partial charge in [0.15, 0.2) is 0 Å². The third-order valence-corrected chi connectivity index (χ3v) is 6.02. The third-order valence-electron chi connectivity index (χ3n) is 6.02. The fourth-order valence-corrected chi connectivity index (χ4v) is 5.27. The van der Waals surface area contributed by atoms with Gasteiger partial charge in [0.25, 0.3) is 0 Å². The van der Waals surface area contributed by atoms with Gasteiger partial charge in [0, 0.05) is 10.8 Å². The second-order valence-electron chi connectivity index (χ2n) is 7.76. The van der Waals surface area contributed by atoms with Crippen molar-refractivity contribution in [1.82, 2.24) is 0 Å². The standard InChI is InChI=1S/C16H26O/c1-4-15(2,3)14(17)16-8-11-5-12(9-16)7-13(6-11)10-16/h11-13H,4-10H2,1-3H3. The summed E-state index contributed by atoms with van der Waals surface area (Å²) in [7, 11) is 0. The molecule has 0 amide bonds. The molecule has 0 unspecified atom stereocenters. The van der Waals surface area contributed by atoms with Crippen LogP contribution in [0.2, 0.25) is 0 Å². The summed E-state index contributed by atoms with van der Waals surface area (Å²) in [6.07, 6.45) is 8.95. The number of carbonyl (C=O) groups is 1. The van der Waals surface area contributed by atoms with Crippen LogP contribution in [0, 0.1) is 28.6 Å². The summed E-state index contributed by atoms with van der Waals surface area (Å²) in [6, 6.07) is 0. The maximum absolute atomic E-state index is 12.9. The largest absolute Gasteiger partial charge is 0.298 e. The molecule has 0 heterocycles. The molecule has 0 aromatic rings. The van der Waals surface area contributed by atoms with Crippen molar-refractivity contribution in [3.8, 4) is 0 Å². The summed E-state index contributed by atoms with van der Waals surface area (Å²) in [4.78, 5) is 12.9. The molecule has 4 bridgehead atoms. The summed E-state index contributed by atoms with van der Waals surface area (Å²) in [5, 5.41) is 0. The van der Waals surface area contributed by atoms with Gasteiger partial charge in [0.05, 0.1) is 0 Å². The van der Waals surface area contributed by atoms with Crippen LogP contribution in [-0.2, 0) is 4.79 Å². The number of hydrogen-bond donors (Lipinski definition) is 0. The van der Waals surface area contributed by atoms with Crippen LogP contribution < -0.4 is 0 Å². The quantitative estimate of drug-likeness (QED) is 0.715. The Bertz CT molecular complexity index is 304. The third kappa shape index (κ3) is 1.69. The lowest BCUT2D eigenvalue weighted by Crippen LogP contribution is -2.53. The summed E-state index contributed by atoms with van der Waals surface area (Å²) >= 11 is 0. The highest BCUT2D eigenvalue weighted by molar-refractivity contribution is 5.90. The SMILES string of the molecule is CCC(C)(C)C(=O)C12CC3CC(CC(C3)C1)C2. The van der Waals surface area contributed by atoms with Gasteiger partial charge in [-0.05, 0) is 62.7 Å². The summed E-state index contributed by atoms with van der Waals surface area (Å²) < 4.78 is 0. The molecule has 0 atom stereocenters. The van der Waals surface area contributed by atoms with Crippen molar-refractivity contribution in [2.75, 3.05) is 0 Å². The van der Waals surface area contributed by atoms with Crippen LogP contribution in [0.4, 0.5) is 0 Å². The van der Waals surface area contributed by atoms with Crippen molar-refractivity contribution >= 4 is 5.78 Å². The van der Waals surface area contributed by atoms with Crippen LogP contribution in [0.25, 0.3) is 0 Å². The van der Waals surface area contributed by atoms with Gasteiger partial charge in [-0.1, -0.05) is 20.8 Å². The van der Waals surface area contributed by atoms with Gasteiger partial charge in [-0.25, -0.2) is 0 Å². The Labute approximate surface area is 105 Å². The maximum atomic E-state index is 12.9. The van der Waals surface area contributed by atoms with Gasteiger partial charge >= 0.3 is 0 Å².